The zero-order valence-corrected chi connectivity index (χ0v) is 12.4. The Bertz CT molecular complexity index is 705. The van der Waals surface area contributed by atoms with E-state index in [-0.39, 0.29) is 0 Å². The van der Waals surface area contributed by atoms with E-state index in [9.17, 15) is 0 Å². The van der Waals surface area contributed by atoms with E-state index in [2.05, 4.69) is 66.6 Å². The number of nitrogens with zero attached hydrogens (tertiary/aromatic N) is 1. The van der Waals surface area contributed by atoms with E-state index in [0.717, 1.165) is 0 Å². The summed E-state index contributed by atoms with van der Waals surface area (Å²) in [6, 6.07) is 18.9. The van der Waals surface area contributed by atoms with Crippen molar-refractivity contribution in [3.05, 3.63) is 72.4 Å². The lowest BCUT2D eigenvalue weighted by Crippen LogP contribution is -1.96. The van der Waals surface area contributed by atoms with Gasteiger partial charge in [0.05, 0.1) is 5.52 Å². The first-order chi connectivity index (χ1) is 9.83. The fourth-order valence-electron chi connectivity index (χ4n) is 2.52. The average Bonchev–Trinajstić information content (AvgIpc) is 2.83. The zero-order chi connectivity index (χ0) is 14.5. The predicted molar refractivity (Wildman–Crippen MR) is 89.5 cm³/mol. The molecule has 0 fully saturated rings. The number of benzene rings is 2. The molecule has 0 saturated carbocycles. The molecule has 0 atom stereocenters. The molecule has 0 saturated heterocycles. The highest BCUT2D eigenvalue weighted by molar-refractivity contribution is 5.89. The van der Waals surface area contributed by atoms with Gasteiger partial charge in [-0.3, -0.25) is 0 Å². The van der Waals surface area contributed by atoms with Gasteiger partial charge in [-0.15, -0.1) is 0 Å². The van der Waals surface area contributed by atoms with Crippen molar-refractivity contribution in [2.24, 2.45) is 0 Å². The molecule has 1 nitrogen and oxygen atoms in total. The molecule has 0 aliphatic carbocycles. The second-order valence-corrected chi connectivity index (χ2v) is 4.40. The number of para-hydroxylation sites is 2. The van der Waals surface area contributed by atoms with Gasteiger partial charge in [0.25, 0.3) is 0 Å². The summed E-state index contributed by atoms with van der Waals surface area (Å²) < 4.78 is 2.26. The number of fused-ring (bicyclic) bond motifs is 1. The van der Waals surface area contributed by atoms with Crippen molar-refractivity contribution in [3.8, 4) is 5.69 Å². The predicted octanol–water partition coefficient (Wildman–Crippen LogP) is 5.61. The van der Waals surface area contributed by atoms with Gasteiger partial charge in [-0.1, -0.05) is 56.8 Å². The molecule has 20 heavy (non-hydrogen) atoms. The maximum atomic E-state index is 3.95. The maximum Gasteiger partial charge on any atom is 0.0537 e. The van der Waals surface area contributed by atoms with Crippen LogP contribution in [0.1, 0.15) is 25.1 Å². The Morgan fingerprint density at radius 3 is 2.15 bits per heavy atom. The molecular formula is C19H21N. The third-order valence-corrected chi connectivity index (χ3v) is 3.38. The average molecular weight is 263 g/mol. The molecule has 0 spiro atoms. The minimum Gasteiger partial charge on any atom is -0.310 e. The van der Waals surface area contributed by atoms with Gasteiger partial charge in [-0.25, -0.2) is 0 Å². The van der Waals surface area contributed by atoms with Crippen LogP contribution in [0.3, 0.4) is 0 Å². The van der Waals surface area contributed by atoms with E-state index >= 15 is 0 Å². The van der Waals surface area contributed by atoms with Crippen LogP contribution in [0.2, 0.25) is 0 Å². The van der Waals surface area contributed by atoms with Gasteiger partial charge < -0.3 is 4.57 Å². The zero-order valence-electron chi connectivity index (χ0n) is 12.4. The Morgan fingerprint density at radius 2 is 1.50 bits per heavy atom. The van der Waals surface area contributed by atoms with E-state index in [0.29, 0.717) is 0 Å². The van der Waals surface area contributed by atoms with Crippen LogP contribution >= 0.6 is 0 Å². The summed E-state index contributed by atoms with van der Waals surface area (Å²) in [6.45, 7) is 10.1. The summed E-state index contributed by atoms with van der Waals surface area (Å²) in [7, 11) is 0. The fraction of sp³-hybridized carbons (Fsp3) is 0.158. The first-order valence-electron chi connectivity index (χ1n) is 7.11. The second-order valence-electron chi connectivity index (χ2n) is 4.40. The van der Waals surface area contributed by atoms with Crippen LogP contribution in [0.4, 0.5) is 0 Å². The SMILES string of the molecule is C=Cc1c(C)c2ccccc2n1-c1ccccc1.CC. The number of hydrogen-bond donors (Lipinski definition) is 0. The lowest BCUT2D eigenvalue weighted by molar-refractivity contribution is 1.10. The summed E-state index contributed by atoms with van der Waals surface area (Å²) in [6.07, 6.45) is 1.93. The number of aryl methyl sites for hydroxylation is 1. The second kappa shape index (κ2) is 6.25. The minimum absolute atomic E-state index is 1.17. The monoisotopic (exact) mass is 263 g/mol. The van der Waals surface area contributed by atoms with Crippen LogP contribution < -0.4 is 0 Å². The lowest BCUT2D eigenvalue weighted by atomic mass is 10.1. The third-order valence-electron chi connectivity index (χ3n) is 3.38. The van der Waals surface area contributed by atoms with Crippen molar-refractivity contribution in [2.45, 2.75) is 20.8 Å². The Labute approximate surface area is 121 Å². The Hall–Kier alpha value is -2.28. The van der Waals surface area contributed by atoms with Gasteiger partial charge in [0.1, 0.15) is 0 Å². The molecule has 1 heterocycles. The lowest BCUT2D eigenvalue weighted by Gasteiger charge is -2.08. The standard InChI is InChI=1S/C17H15N.C2H6/c1-3-16-13(2)15-11-7-8-12-17(15)18(16)14-9-5-4-6-10-14;1-2/h3-12H,1H2,2H3;1-2H3. The van der Waals surface area contributed by atoms with Crippen molar-refractivity contribution < 1.29 is 0 Å². The molecule has 0 unspecified atom stereocenters. The topological polar surface area (TPSA) is 4.93 Å². The highest BCUT2D eigenvalue weighted by atomic mass is 15.0. The Morgan fingerprint density at radius 1 is 0.900 bits per heavy atom. The molecule has 0 aliphatic heterocycles. The molecule has 0 aliphatic rings. The summed E-state index contributed by atoms with van der Waals surface area (Å²) in [5, 5.41) is 1.29. The number of hydrogen-bond acceptors (Lipinski definition) is 0. The molecule has 1 aromatic heterocycles. The first kappa shape index (κ1) is 14.1. The van der Waals surface area contributed by atoms with Crippen molar-refractivity contribution in [1.82, 2.24) is 4.57 Å². The highest BCUT2D eigenvalue weighted by Gasteiger charge is 2.12. The quantitative estimate of drug-likeness (QED) is 0.566. The molecule has 0 N–H and O–H groups in total. The van der Waals surface area contributed by atoms with Crippen LogP contribution in [-0.2, 0) is 0 Å². The summed E-state index contributed by atoms with van der Waals surface area (Å²) in [5.41, 5.74) is 4.86. The van der Waals surface area contributed by atoms with Crippen molar-refractivity contribution in [2.75, 3.05) is 0 Å². The molecule has 0 amide bonds. The highest BCUT2D eigenvalue weighted by Crippen LogP contribution is 2.29. The van der Waals surface area contributed by atoms with Crippen molar-refractivity contribution >= 4 is 17.0 Å². The van der Waals surface area contributed by atoms with Gasteiger partial charge in [0, 0.05) is 16.8 Å². The molecular weight excluding hydrogens is 242 g/mol. The van der Waals surface area contributed by atoms with Crippen LogP contribution in [0.15, 0.2) is 61.2 Å². The Kier molecular flexibility index (Phi) is 4.41. The van der Waals surface area contributed by atoms with Crippen LogP contribution in [0.25, 0.3) is 22.7 Å². The van der Waals surface area contributed by atoms with E-state index in [1.165, 1.54) is 27.8 Å². The van der Waals surface area contributed by atoms with Crippen LogP contribution in [0.5, 0.6) is 0 Å². The summed E-state index contributed by atoms with van der Waals surface area (Å²) >= 11 is 0. The van der Waals surface area contributed by atoms with E-state index in [4.69, 9.17) is 0 Å². The molecule has 3 rings (SSSR count). The van der Waals surface area contributed by atoms with Gasteiger partial charge in [-0.2, -0.15) is 0 Å². The smallest absolute Gasteiger partial charge is 0.0537 e. The first-order valence-corrected chi connectivity index (χ1v) is 7.11. The van der Waals surface area contributed by atoms with E-state index < -0.39 is 0 Å². The largest absolute Gasteiger partial charge is 0.310 e. The summed E-state index contributed by atoms with van der Waals surface area (Å²) in [4.78, 5) is 0. The van der Waals surface area contributed by atoms with E-state index in [1.807, 2.05) is 26.0 Å². The van der Waals surface area contributed by atoms with Crippen molar-refractivity contribution in [1.29, 1.82) is 0 Å². The maximum absolute atomic E-state index is 3.95. The molecule has 0 radical (unpaired) electrons. The normalized spacial score (nSPS) is 9.95. The van der Waals surface area contributed by atoms with Gasteiger partial charge in [0.15, 0.2) is 0 Å². The third kappa shape index (κ3) is 2.27. The number of rotatable bonds is 2. The van der Waals surface area contributed by atoms with Gasteiger partial charge in [0.2, 0.25) is 0 Å². The molecule has 1 heteroatoms. The van der Waals surface area contributed by atoms with Crippen molar-refractivity contribution in [3.63, 3.8) is 0 Å². The fourth-order valence-corrected chi connectivity index (χ4v) is 2.52. The van der Waals surface area contributed by atoms with Crippen LogP contribution in [-0.4, -0.2) is 4.57 Å². The number of aromatic nitrogens is 1. The molecule has 3 aromatic rings. The summed E-state index contributed by atoms with van der Waals surface area (Å²) in [5.74, 6) is 0. The van der Waals surface area contributed by atoms with Gasteiger partial charge >= 0.3 is 0 Å². The molecule has 0 bridgehead atoms. The van der Waals surface area contributed by atoms with Crippen LogP contribution in [0, 0.1) is 6.92 Å². The minimum atomic E-state index is 1.17. The Balaban J connectivity index is 0.000000704. The van der Waals surface area contributed by atoms with E-state index in [1.54, 1.807) is 0 Å². The molecule has 102 valence electrons. The molecule has 2 aromatic carbocycles. The van der Waals surface area contributed by atoms with Gasteiger partial charge in [-0.05, 0) is 36.8 Å².